The molecule has 0 saturated heterocycles. The van der Waals surface area contributed by atoms with Crippen LogP contribution in [0.25, 0.3) is 0 Å². The molecular weight excluding hydrogens is 144 g/mol. The maximum Gasteiger partial charge on any atom is 0.184 e. The zero-order chi connectivity index (χ0) is 8.43. The number of ether oxygens (including phenoxy) is 1. The van der Waals surface area contributed by atoms with Crippen LogP contribution in [0.15, 0.2) is 12.2 Å². The van der Waals surface area contributed by atoms with Gasteiger partial charge >= 0.3 is 0 Å². The van der Waals surface area contributed by atoms with E-state index in [1.807, 2.05) is 13.8 Å². The van der Waals surface area contributed by atoms with Crippen LogP contribution in [-0.4, -0.2) is 23.3 Å². The molecule has 1 aliphatic heterocycles. The second kappa shape index (κ2) is 3.15. The van der Waals surface area contributed by atoms with Crippen molar-refractivity contribution in [3.63, 3.8) is 0 Å². The number of rotatable bonds is 1. The molecule has 0 aromatic carbocycles. The maximum absolute atomic E-state index is 11.1. The molecule has 0 spiro atoms. The second-order valence-corrected chi connectivity index (χ2v) is 2.95. The fraction of sp³-hybridized carbons (Fsp3) is 0.625. The Hall–Kier alpha value is -0.670. The van der Waals surface area contributed by atoms with E-state index in [0.29, 0.717) is 0 Å². The SMILES string of the molecule is CC(C)[C@H]1OC(O)C=CC1=O. The number of hydrogen-bond donors (Lipinski definition) is 1. The molecule has 3 nitrogen and oxygen atoms in total. The monoisotopic (exact) mass is 156 g/mol. The van der Waals surface area contributed by atoms with Crippen molar-refractivity contribution in [2.45, 2.75) is 26.2 Å². The summed E-state index contributed by atoms with van der Waals surface area (Å²) < 4.78 is 4.98. The lowest BCUT2D eigenvalue weighted by molar-refractivity contribution is -0.154. The Morgan fingerprint density at radius 1 is 1.64 bits per heavy atom. The summed E-state index contributed by atoms with van der Waals surface area (Å²) in [4.78, 5) is 11.1. The van der Waals surface area contributed by atoms with Gasteiger partial charge in [0, 0.05) is 0 Å². The zero-order valence-corrected chi connectivity index (χ0v) is 6.65. The highest BCUT2D eigenvalue weighted by Gasteiger charge is 2.26. The topological polar surface area (TPSA) is 46.5 Å². The molecule has 1 rings (SSSR count). The number of aliphatic hydroxyl groups is 1. The van der Waals surface area contributed by atoms with Crippen LogP contribution in [0.4, 0.5) is 0 Å². The molecule has 1 unspecified atom stereocenters. The molecule has 0 amide bonds. The molecule has 2 atom stereocenters. The average Bonchev–Trinajstić information content (AvgIpc) is 1.94. The minimum Gasteiger partial charge on any atom is -0.365 e. The van der Waals surface area contributed by atoms with E-state index in [1.54, 1.807) is 0 Å². The van der Waals surface area contributed by atoms with Crippen molar-refractivity contribution in [3.05, 3.63) is 12.2 Å². The molecule has 1 N–H and O–H groups in total. The molecule has 0 bridgehead atoms. The van der Waals surface area contributed by atoms with Crippen molar-refractivity contribution in [3.8, 4) is 0 Å². The standard InChI is InChI=1S/C8H12O3/c1-5(2)8-6(9)3-4-7(10)11-8/h3-5,7-8,10H,1-2H3/t7?,8-/m1/s1. The van der Waals surface area contributed by atoms with Gasteiger partial charge in [0.25, 0.3) is 0 Å². The summed E-state index contributed by atoms with van der Waals surface area (Å²) in [6.45, 7) is 3.77. The van der Waals surface area contributed by atoms with Gasteiger partial charge in [-0.2, -0.15) is 0 Å². The van der Waals surface area contributed by atoms with Gasteiger partial charge in [0.1, 0.15) is 6.10 Å². The van der Waals surface area contributed by atoms with Crippen LogP contribution >= 0.6 is 0 Å². The van der Waals surface area contributed by atoms with Crippen LogP contribution in [0.3, 0.4) is 0 Å². The second-order valence-electron chi connectivity index (χ2n) is 2.95. The van der Waals surface area contributed by atoms with Gasteiger partial charge in [-0.05, 0) is 18.1 Å². The van der Waals surface area contributed by atoms with Gasteiger partial charge in [0.2, 0.25) is 0 Å². The summed E-state index contributed by atoms with van der Waals surface area (Å²) in [7, 11) is 0. The molecule has 0 aromatic rings. The molecular formula is C8H12O3. The Balaban J connectivity index is 2.68. The fourth-order valence-electron chi connectivity index (χ4n) is 1.02. The van der Waals surface area contributed by atoms with Gasteiger partial charge < -0.3 is 9.84 Å². The zero-order valence-electron chi connectivity index (χ0n) is 6.65. The summed E-state index contributed by atoms with van der Waals surface area (Å²) in [5.41, 5.74) is 0. The van der Waals surface area contributed by atoms with Crippen LogP contribution < -0.4 is 0 Å². The summed E-state index contributed by atoms with van der Waals surface area (Å²) in [6, 6.07) is 0. The molecule has 1 aliphatic rings. The largest absolute Gasteiger partial charge is 0.365 e. The fourth-order valence-corrected chi connectivity index (χ4v) is 1.02. The van der Waals surface area contributed by atoms with Gasteiger partial charge in [-0.1, -0.05) is 13.8 Å². The van der Waals surface area contributed by atoms with Crippen molar-refractivity contribution >= 4 is 5.78 Å². The molecule has 0 fully saturated rings. The van der Waals surface area contributed by atoms with Crippen molar-refractivity contribution < 1.29 is 14.6 Å². The van der Waals surface area contributed by atoms with Crippen LogP contribution in [-0.2, 0) is 9.53 Å². The van der Waals surface area contributed by atoms with E-state index in [1.165, 1.54) is 12.2 Å². The lowest BCUT2D eigenvalue weighted by atomic mass is 10.0. The molecule has 3 heteroatoms. The van der Waals surface area contributed by atoms with Gasteiger partial charge in [-0.3, -0.25) is 4.79 Å². The smallest absolute Gasteiger partial charge is 0.184 e. The number of aliphatic hydroxyl groups excluding tert-OH is 1. The third-order valence-corrected chi connectivity index (χ3v) is 1.60. The van der Waals surface area contributed by atoms with E-state index in [-0.39, 0.29) is 11.7 Å². The third kappa shape index (κ3) is 1.88. The summed E-state index contributed by atoms with van der Waals surface area (Å²) in [5.74, 6) is 0.0485. The first-order chi connectivity index (χ1) is 5.11. The summed E-state index contributed by atoms with van der Waals surface area (Å²) in [6.07, 6.45) is 1.33. The van der Waals surface area contributed by atoms with Crippen molar-refractivity contribution in [1.29, 1.82) is 0 Å². The molecule has 62 valence electrons. The van der Waals surface area contributed by atoms with E-state index >= 15 is 0 Å². The average molecular weight is 156 g/mol. The van der Waals surface area contributed by atoms with Crippen molar-refractivity contribution in [1.82, 2.24) is 0 Å². The number of ketones is 1. The van der Waals surface area contributed by atoms with E-state index in [0.717, 1.165) is 0 Å². The number of carbonyl (C=O) groups is 1. The van der Waals surface area contributed by atoms with Crippen LogP contribution in [0.1, 0.15) is 13.8 Å². The van der Waals surface area contributed by atoms with E-state index in [4.69, 9.17) is 9.84 Å². The molecule has 1 heterocycles. The predicted molar refractivity (Wildman–Crippen MR) is 39.9 cm³/mol. The molecule has 0 aromatic heterocycles. The Labute approximate surface area is 65.7 Å². The van der Waals surface area contributed by atoms with Crippen LogP contribution in [0.5, 0.6) is 0 Å². The molecule has 11 heavy (non-hydrogen) atoms. The van der Waals surface area contributed by atoms with E-state index in [2.05, 4.69) is 0 Å². The van der Waals surface area contributed by atoms with Gasteiger partial charge in [-0.25, -0.2) is 0 Å². The summed E-state index contributed by atoms with van der Waals surface area (Å²) >= 11 is 0. The predicted octanol–water partition coefficient (Wildman–Crippen LogP) is 0.485. The normalized spacial score (nSPS) is 31.5. The molecule has 0 radical (unpaired) electrons. The van der Waals surface area contributed by atoms with Crippen LogP contribution in [0, 0.1) is 5.92 Å². The van der Waals surface area contributed by atoms with Crippen molar-refractivity contribution in [2.24, 2.45) is 5.92 Å². The minimum atomic E-state index is -0.917. The highest BCUT2D eigenvalue weighted by molar-refractivity contribution is 5.94. The van der Waals surface area contributed by atoms with E-state index in [9.17, 15) is 4.79 Å². The molecule has 0 saturated carbocycles. The Kier molecular flexibility index (Phi) is 2.42. The lowest BCUT2D eigenvalue weighted by Gasteiger charge is -2.24. The quantitative estimate of drug-likeness (QED) is 0.600. The van der Waals surface area contributed by atoms with Crippen LogP contribution in [0.2, 0.25) is 0 Å². The first-order valence-corrected chi connectivity index (χ1v) is 3.67. The van der Waals surface area contributed by atoms with E-state index < -0.39 is 12.4 Å². The highest BCUT2D eigenvalue weighted by Crippen LogP contribution is 2.14. The highest BCUT2D eigenvalue weighted by atomic mass is 16.6. The first kappa shape index (κ1) is 8.43. The van der Waals surface area contributed by atoms with Gasteiger partial charge in [-0.15, -0.1) is 0 Å². The van der Waals surface area contributed by atoms with Gasteiger partial charge in [0.05, 0.1) is 0 Å². The van der Waals surface area contributed by atoms with Gasteiger partial charge in [0.15, 0.2) is 12.1 Å². The lowest BCUT2D eigenvalue weighted by Crippen LogP contribution is -2.35. The Morgan fingerprint density at radius 3 is 2.73 bits per heavy atom. The third-order valence-electron chi connectivity index (χ3n) is 1.60. The number of carbonyl (C=O) groups excluding carboxylic acids is 1. The maximum atomic E-state index is 11.1. The first-order valence-electron chi connectivity index (χ1n) is 3.67. The summed E-state index contributed by atoms with van der Waals surface area (Å²) in [5, 5.41) is 8.98. The Morgan fingerprint density at radius 2 is 2.27 bits per heavy atom. The molecule has 0 aliphatic carbocycles. The minimum absolute atomic E-state index is 0.0645. The number of hydrogen-bond acceptors (Lipinski definition) is 3. The van der Waals surface area contributed by atoms with Crippen molar-refractivity contribution in [2.75, 3.05) is 0 Å². The Bertz CT molecular complexity index is 184.